The van der Waals surface area contributed by atoms with Crippen molar-refractivity contribution < 1.29 is 22.7 Å². The second-order valence-electron chi connectivity index (χ2n) is 6.82. The predicted molar refractivity (Wildman–Crippen MR) is 113 cm³/mol. The van der Waals surface area contributed by atoms with Gasteiger partial charge in [0.2, 0.25) is 0 Å². The van der Waals surface area contributed by atoms with Gasteiger partial charge in [-0.25, -0.2) is 4.79 Å². The third-order valence-corrected chi connectivity index (χ3v) is 6.36. The molecule has 2 N–H and O–H groups in total. The standard InChI is InChI=1S/C19H18ClF3N2O2S2/c1-9-3-5-11-14(7-9)29-16(15(11)17(26)27-2)25-18(28)24-10-4-6-13(20)12(8-10)19(21,22)23/h4,6,8-9H,3,5,7H2,1-2H3,(H2,24,25,28). The molecule has 0 fully saturated rings. The minimum Gasteiger partial charge on any atom is -0.465 e. The first-order valence-corrected chi connectivity index (χ1v) is 10.4. The van der Waals surface area contributed by atoms with E-state index in [4.69, 9.17) is 28.6 Å². The summed E-state index contributed by atoms with van der Waals surface area (Å²) in [6.45, 7) is 2.15. The van der Waals surface area contributed by atoms with Crippen LogP contribution in [0.3, 0.4) is 0 Å². The summed E-state index contributed by atoms with van der Waals surface area (Å²) in [6.07, 6.45) is -1.98. The molecule has 0 aliphatic heterocycles. The summed E-state index contributed by atoms with van der Waals surface area (Å²) in [5.74, 6) is 0.0487. The maximum absolute atomic E-state index is 13.0. The molecule has 1 heterocycles. The monoisotopic (exact) mass is 462 g/mol. The molecule has 0 bridgehead atoms. The number of methoxy groups -OCH3 is 1. The summed E-state index contributed by atoms with van der Waals surface area (Å²) in [4.78, 5) is 13.4. The minimum atomic E-state index is -4.58. The Morgan fingerprint density at radius 1 is 1.34 bits per heavy atom. The van der Waals surface area contributed by atoms with Crippen molar-refractivity contribution in [3.05, 3.63) is 44.8 Å². The molecule has 0 saturated carbocycles. The van der Waals surface area contributed by atoms with E-state index in [-0.39, 0.29) is 10.8 Å². The Morgan fingerprint density at radius 2 is 2.07 bits per heavy atom. The van der Waals surface area contributed by atoms with Crippen LogP contribution in [0.5, 0.6) is 0 Å². The van der Waals surface area contributed by atoms with E-state index in [2.05, 4.69) is 17.6 Å². The van der Waals surface area contributed by atoms with Crippen molar-refractivity contribution in [1.29, 1.82) is 0 Å². The zero-order valence-corrected chi connectivity index (χ0v) is 18.0. The topological polar surface area (TPSA) is 50.4 Å². The number of alkyl halides is 3. The number of rotatable bonds is 3. The van der Waals surface area contributed by atoms with Gasteiger partial charge in [-0.3, -0.25) is 0 Å². The lowest BCUT2D eigenvalue weighted by Crippen LogP contribution is -2.21. The van der Waals surface area contributed by atoms with E-state index in [1.54, 1.807) is 0 Å². The van der Waals surface area contributed by atoms with Gasteiger partial charge < -0.3 is 15.4 Å². The third kappa shape index (κ3) is 4.84. The maximum Gasteiger partial charge on any atom is 0.417 e. The zero-order valence-electron chi connectivity index (χ0n) is 15.6. The number of nitrogens with one attached hydrogen (secondary N) is 2. The van der Waals surface area contributed by atoms with Gasteiger partial charge in [0.1, 0.15) is 5.00 Å². The molecule has 1 unspecified atom stereocenters. The molecule has 4 nitrogen and oxygen atoms in total. The predicted octanol–water partition coefficient (Wildman–Crippen LogP) is 6.14. The van der Waals surface area contributed by atoms with Crippen LogP contribution < -0.4 is 10.6 Å². The average molecular weight is 463 g/mol. The number of carbonyl (C=O) groups excluding carboxylic acids is 1. The van der Waals surface area contributed by atoms with Crippen molar-refractivity contribution in [1.82, 2.24) is 0 Å². The number of ether oxygens (including phenoxy) is 1. The second-order valence-corrected chi connectivity index (χ2v) is 8.74. The van der Waals surface area contributed by atoms with Crippen molar-refractivity contribution in [3.63, 3.8) is 0 Å². The SMILES string of the molecule is COC(=O)c1c(NC(=S)Nc2ccc(Cl)c(C(F)(F)F)c2)sc2c1CCC(C)C2. The Labute approximate surface area is 180 Å². The summed E-state index contributed by atoms with van der Waals surface area (Å²) < 4.78 is 44.1. The number of esters is 1. The van der Waals surface area contributed by atoms with Crippen LogP contribution in [-0.2, 0) is 23.8 Å². The zero-order chi connectivity index (χ0) is 21.3. The van der Waals surface area contributed by atoms with Crippen LogP contribution in [0, 0.1) is 5.92 Å². The summed E-state index contributed by atoms with van der Waals surface area (Å²) >= 11 is 12.3. The highest BCUT2D eigenvalue weighted by Crippen LogP contribution is 2.40. The lowest BCUT2D eigenvalue weighted by molar-refractivity contribution is -0.137. The number of thiophene rings is 1. The fraction of sp³-hybridized carbons (Fsp3) is 0.368. The lowest BCUT2D eigenvalue weighted by Gasteiger charge is -2.18. The highest BCUT2D eigenvalue weighted by atomic mass is 35.5. The molecule has 1 aromatic heterocycles. The quantitative estimate of drug-likeness (QED) is 0.424. The summed E-state index contributed by atoms with van der Waals surface area (Å²) in [6, 6.07) is 3.44. The molecule has 0 spiro atoms. The third-order valence-electron chi connectivity index (χ3n) is 4.66. The van der Waals surface area contributed by atoms with Crippen LogP contribution in [0.2, 0.25) is 5.02 Å². The highest BCUT2D eigenvalue weighted by molar-refractivity contribution is 7.80. The molecule has 1 aromatic carbocycles. The Hall–Kier alpha value is -1.84. The fourth-order valence-corrected chi connectivity index (χ4v) is 5.16. The molecular formula is C19H18ClF3N2O2S2. The van der Waals surface area contributed by atoms with Gasteiger partial charge in [-0.1, -0.05) is 18.5 Å². The molecule has 29 heavy (non-hydrogen) atoms. The molecule has 10 heteroatoms. The summed E-state index contributed by atoms with van der Waals surface area (Å²) in [7, 11) is 1.31. The van der Waals surface area contributed by atoms with Crippen LogP contribution in [0.15, 0.2) is 18.2 Å². The normalized spacial score (nSPS) is 16.1. The first-order valence-electron chi connectivity index (χ1n) is 8.77. The van der Waals surface area contributed by atoms with Crippen molar-refractivity contribution in [2.45, 2.75) is 32.4 Å². The number of thiocarbonyl (C=S) groups is 1. The van der Waals surface area contributed by atoms with E-state index in [0.717, 1.165) is 41.8 Å². The van der Waals surface area contributed by atoms with E-state index in [1.165, 1.54) is 24.5 Å². The molecular weight excluding hydrogens is 445 g/mol. The average Bonchev–Trinajstić information content (AvgIpc) is 2.98. The number of anilines is 2. The van der Waals surface area contributed by atoms with E-state index >= 15 is 0 Å². The number of halogens is 4. The fourth-order valence-electron chi connectivity index (χ4n) is 3.24. The number of fused-ring (bicyclic) bond motifs is 1. The number of carbonyl (C=O) groups is 1. The van der Waals surface area contributed by atoms with E-state index in [9.17, 15) is 18.0 Å². The molecule has 2 aromatic rings. The number of benzene rings is 1. The van der Waals surface area contributed by atoms with Gasteiger partial charge in [-0.05, 0) is 61.2 Å². The Bertz CT molecular complexity index is 960. The highest BCUT2D eigenvalue weighted by Gasteiger charge is 2.33. The number of hydrogen-bond donors (Lipinski definition) is 2. The molecule has 0 saturated heterocycles. The van der Waals surface area contributed by atoms with Gasteiger partial charge >= 0.3 is 12.1 Å². The van der Waals surface area contributed by atoms with Gasteiger partial charge in [-0.2, -0.15) is 13.2 Å². The Balaban J connectivity index is 1.84. The van der Waals surface area contributed by atoms with Crippen LogP contribution in [0.4, 0.5) is 23.9 Å². The maximum atomic E-state index is 13.0. The molecule has 3 rings (SSSR count). The minimum absolute atomic E-state index is 0.0669. The first-order chi connectivity index (χ1) is 13.6. The van der Waals surface area contributed by atoms with Gasteiger partial charge in [0.25, 0.3) is 0 Å². The van der Waals surface area contributed by atoms with Gasteiger partial charge in [-0.15, -0.1) is 11.3 Å². The van der Waals surface area contributed by atoms with Gasteiger partial charge in [0.15, 0.2) is 5.11 Å². The Kier molecular flexibility index (Phi) is 6.40. The smallest absolute Gasteiger partial charge is 0.417 e. The van der Waals surface area contributed by atoms with Crippen LogP contribution in [0.25, 0.3) is 0 Å². The van der Waals surface area contributed by atoms with Crippen LogP contribution in [-0.4, -0.2) is 18.2 Å². The molecule has 0 amide bonds. The van der Waals surface area contributed by atoms with E-state index in [1.807, 2.05) is 0 Å². The van der Waals surface area contributed by atoms with Crippen LogP contribution in [0.1, 0.15) is 39.7 Å². The summed E-state index contributed by atoms with van der Waals surface area (Å²) in [5.41, 5.74) is 0.573. The van der Waals surface area contributed by atoms with Gasteiger partial charge in [0.05, 0.1) is 23.3 Å². The van der Waals surface area contributed by atoms with Crippen LogP contribution >= 0.6 is 35.2 Å². The molecule has 1 aliphatic carbocycles. The van der Waals surface area contributed by atoms with E-state index in [0.29, 0.717) is 16.5 Å². The van der Waals surface area contributed by atoms with Gasteiger partial charge in [0, 0.05) is 10.6 Å². The Morgan fingerprint density at radius 3 is 2.72 bits per heavy atom. The van der Waals surface area contributed by atoms with E-state index < -0.39 is 22.7 Å². The number of hydrogen-bond acceptors (Lipinski definition) is 4. The second kappa shape index (κ2) is 8.49. The molecule has 1 atom stereocenters. The molecule has 1 aliphatic rings. The van der Waals surface area contributed by atoms with Crippen molar-refractivity contribution in [2.24, 2.45) is 5.92 Å². The van der Waals surface area contributed by atoms with Crippen molar-refractivity contribution in [2.75, 3.05) is 17.7 Å². The molecule has 156 valence electrons. The lowest BCUT2D eigenvalue weighted by atomic mass is 9.88. The first kappa shape index (κ1) is 21.9. The largest absolute Gasteiger partial charge is 0.465 e. The van der Waals surface area contributed by atoms with Crippen molar-refractivity contribution in [3.8, 4) is 0 Å². The van der Waals surface area contributed by atoms with Crippen molar-refractivity contribution >= 4 is 56.9 Å². The molecule has 0 radical (unpaired) electrons. The summed E-state index contributed by atoms with van der Waals surface area (Å²) in [5, 5.41) is 5.86.